The van der Waals surface area contributed by atoms with Crippen molar-refractivity contribution in [3.63, 3.8) is 0 Å². The third-order valence-corrected chi connectivity index (χ3v) is 4.90. The van der Waals surface area contributed by atoms with Crippen LogP contribution in [0.25, 0.3) is 33.8 Å². The summed E-state index contributed by atoms with van der Waals surface area (Å²) in [7, 11) is 0. The van der Waals surface area contributed by atoms with Crippen LogP contribution >= 0.6 is 0 Å². The van der Waals surface area contributed by atoms with Crippen LogP contribution in [0.2, 0.25) is 0 Å². The maximum Gasteiger partial charge on any atom is 0.267 e. The molecule has 5 aromatic rings. The first-order valence-electron chi connectivity index (χ1n) is 9.75. The first-order chi connectivity index (χ1) is 15.3. The largest absolute Gasteiger partial charge is 0.267 e. The van der Waals surface area contributed by atoms with Gasteiger partial charge in [-0.3, -0.25) is 15.0 Å². The highest BCUT2D eigenvalue weighted by atomic mass is 15.1. The number of hydrogen-bond donors (Lipinski definition) is 0. The number of rotatable bonds is 5. The fraction of sp³-hybridized carbons (Fsp3) is 0.0417. The molecule has 0 radical (unpaired) electrons. The van der Waals surface area contributed by atoms with Crippen LogP contribution in [-0.2, 0) is 6.42 Å². The van der Waals surface area contributed by atoms with Gasteiger partial charge in [0.05, 0.1) is 11.7 Å². The molecule has 148 valence electrons. The van der Waals surface area contributed by atoms with E-state index in [0.29, 0.717) is 12.1 Å². The lowest BCUT2D eigenvalue weighted by molar-refractivity contribution is -0.601. The zero-order chi connectivity index (χ0) is 21.0. The topological polar surface area (TPSA) is 80.7 Å². The van der Waals surface area contributed by atoms with Crippen LogP contribution in [0, 0.1) is 0 Å². The van der Waals surface area contributed by atoms with Crippen molar-refractivity contribution in [3.8, 4) is 5.82 Å². The Labute approximate surface area is 178 Å². The highest BCUT2D eigenvalue weighted by Crippen LogP contribution is 2.21. The van der Waals surface area contributed by atoms with Gasteiger partial charge < -0.3 is 0 Å². The average Bonchev–Trinajstić information content (AvgIpc) is 2.83. The molecule has 0 aliphatic carbocycles. The molecule has 0 atom stereocenters. The molecule has 0 aliphatic heterocycles. The summed E-state index contributed by atoms with van der Waals surface area (Å²) in [5.41, 5.74) is 5.14. The Bertz CT molecular complexity index is 1440. The van der Waals surface area contributed by atoms with Gasteiger partial charge in [-0.25, -0.2) is 9.55 Å². The van der Waals surface area contributed by atoms with Gasteiger partial charge >= 0.3 is 0 Å². The van der Waals surface area contributed by atoms with Gasteiger partial charge in [-0.2, -0.15) is 0 Å². The first kappa shape index (κ1) is 18.6. The van der Waals surface area contributed by atoms with E-state index in [1.807, 2.05) is 59.4 Å². The highest BCUT2D eigenvalue weighted by molar-refractivity contribution is 5.77. The minimum Gasteiger partial charge on any atom is -0.261 e. The van der Waals surface area contributed by atoms with Crippen LogP contribution in [-0.4, -0.2) is 31.6 Å². The maximum atomic E-state index is 4.52. The molecule has 7 heteroatoms. The van der Waals surface area contributed by atoms with Crippen molar-refractivity contribution in [2.24, 2.45) is 4.99 Å². The van der Waals surface area contributed by atoms with Crippen molar-refractivity contribution in [3.05, 3.63) is 91.0 Å². The van der Waals surface area contributed by atoms with E-state index in [1.54, 1.807) is 24.9 Å². The number of nitrogens with zero attached hydrogens (tertiary/aromatic N) is 7. The second kappa shape index (κ2) is 8.16. The van der Waals surface area contributed by atoms with Gasteiger partial charge in [0.15, 0.2) is 5.52 Å². The Morgan fingerprint density at radius 1 is 0.903 bits per heavy atom. The average molecular weight is 404 g/mol. The Morgan fingerprint density at radius 2 is 1.77 bits per heavy atom. The van der Waals surface area contributed by atoms with Crippen LogP contribution in [0.3, 0.4) is 0 Å². The number of aromatic nitrogens is 6. The predicted octanol–water partition coefficient (Wildman–Crippen LogP) is 3.83. The Hall–Kier alpha value is -4.39. The van der Waals surface area contributed by atoms with E-state index in [0.717, 1.165) is 39.0 Å². The third kappa shape index (κ3) is 3.89. The van der Waals surface area contributed by atoms with Gasteiger partial charge in [0.25, 0.3) is 5.82 Å². The second-order valence-electron chi connectivity index (χ2n) is 6.93. The number of allylic oxidation sites excluding steroid dienone is 1. The van der Waals surface area contributed by atoms with Gasteiger partial charge in [-0.05, 0) is 37.0 Å². The van der Waals surface area contributed by atoms with Crippen molar-refractivity contribution in [2.75, 3.05) is 0 Å². The molecule has 0 saturated heterocycles. The maximum absolute atomic E-state index is 4.52. The van der Waals surface area contributed by atoms with E-state index in [9.17, 15) is 0 Å². The minimum atomic E-state index is 0.676. The molecule has 0 bridgehead atoms. The summed E-state index contributed by atoms with van der Waals surface area (Å²) in [5.74, 6) is 0.722. The normalized spacial score (nSPS) is 11.4. The monoisotopic (exact) mass is 404 g/mol. The summed E-state index contributed by atoms with van der Waals surface area (Å²) in [6.45, 7) is 3.66. The van der Waals surface area contributed by atoms with Gasteiger partial charge in [0.1, 0.15) is 17.4 Å². The quantitative estimate of drug-likeness (QED) is 0.328. The zero-order valence-corrected chi connectivity index (χ0v) is 16.6. The van der Waals surface area contributed by atoms with Crippen molar-refractivity contribution in [2.45, 2.75) is 6.42 Å². The smallest absolute Gasteiger partial charge is 0.261 e. The molecular formula is C24H18N7+. The van der Waals surface area contributed by atoms with E-state index >= 15 is 0 Å². The molecule has 5 heterocycles. The van der Waals surface area contributed by atoms with Gasteiger partial charge in [0.2, 0.25) is 6.33 Å². The van der Waals surface area contributed by atoms with Crippen LogP contribution < -0.4 is 4.57 Å². The van der Waals surface area contributed by atoms with E-state index in [1.165, 1.54) is 0 Å². The summed E-state index contributed by atoms with van der Waals surface area (Å²) < 4.78 is 1.84. The number of pyridine rings is 4. The molecule has 0 aliphatic rings. The summed E-state index contributed by atoms with van der Waals surface area (Å²) >= 11 is 0. The van der Waals surface area contributed by atoms with Crippen molar-refractivity contribution < 1.29 is 4.57 Å². The summed E-state index contributed by atoms with van der Waals surface area (Å²) in [6.07, 6.45) is 15.5. The molecule has 0 saturated carbocycles. The van der Waals surface area contributed by atoms with Crippen molar-refractivity contribution in [1.82, 2.24) is 24.9 Å². The molecule has 5 aromatic heterocycles. The fourth-order valence-corrected chi connectivity index (χ4v) is 3.32. The molecular weight excluding hydrogens is 386 g/mol. The van der Waals surface area contributed by atoms with Crippen LogP contribution in [0.15, 0.2) is 84.8 Å². The molecule has 0 fully saturated rings. The second-order valence-corrected chi connectivity index (χ2v) is 6.93. The number of aliphatic imine (C=N–C) groups is 1. The predicted molar refractivity (Wildman–Crippen MR) is 120 cm³/mol. The van der Waals surface area contributed by atoms with Crippen molar-refractivity contribution in [1.29, 1.82) is 0 Å². The third-order valence-electron chi connectivity index (χ3n) is 4.90. The molecule has 5 rings (SSSR count). The summed E-state index contributed by atoms with van der Waals surface area (Å²) in [4.78, 5) is 26.3. The molecule has 0 spiro atoms. The number of hydrogen-bond acceptors (Lipinski definition) is 6. The standard InChI is InChI=1S/C24H18N7/c1-25-22-14-29-24(31-15-23-20(30-16-31)8-4-10-27-23)11-17(22)5-2-7-19-12-21-18(13-28-19)6-3-9-26-21/h2-6,8-16H,1,7H2/q+1/b5-2-. The molecule has 0 amide bonds. The lowest BCUT2D eigenvalue weighted by Gasteiger charge is -2.03. The van der Waals surface area contributed by atoms with E-state index < -0.39 is 0 Å². The zero-order valence-electron chi connectivity index (χ0n) is 16.6. The summed E-state index contributed by atoms with van der Waals surface area (Å²) in [5, 5.41) is 1.03. The van der Waals surface area contributed by atoms with Crippen molar-refractivity contribution >= 4 is 40.4 Å². The highest BCUT2D eigenvalue weighted by Gasteiger charge is 2.11. The van der Waals surface area contributed by atoms with E-state index in [4.69, 9.17) is 0 Å². The Balaban J connectivity index is 1.43. The number of fused-ring (bicyclic) bond motifs is 2. The van der Waals surface area contributed by atoms with E-state index in [2.05, 4.69) is 42.7 Å². The Morgan fingerprint density at radius 3 is 2.68 bits per heavy atom. The van der Waals surface area contributed by atoms with Gasteiger partial charge in [-0.1, -0.05) is 12.2 Å². The SMILES string of the molecule is C=Nc1cnc(-[n+]2cnc3cccnc3c2)cc1/C=C\Cc1cc2ncccc2cn1. The molecule has 7 nitrogen and oxygen atoms in total. The van der Waals surface area contributed by atoms with E-state index in [-0.39, 0.29) is 0 Å². The lowest BCUT2D eigenvalue weighted by Crippen LogP contribution is -2.31. The Kier molecular flexibility index (Phi) is 4.90. The molecule has 0 unspecified atom stereocenters. The summed E-state index contributed by atoms with van der Waals surface area (Å²) in [6, 6.07) is 11.7. The molecule has 31 heavy (non-hydrogen) atoms. The van der Waals surface area contributed by atoms with Crippen LogP contribution in [0.1, 0.15) is 11.3 Å². The lowest BCUT2D eigenvalue weighted by atomic mass is 10.1. The van der Waals surface area contributed by atoms with Gasteiger partial charge in [0, 0.05) is 47.7 Å². The minimum absolute atomic E-state index is 0.676. The first-order valence-corrected chi connectivity index (χ1v) is 9.75. The van der Waals surface area contributed by atoms with Crippen LogP contribution in [0.4, 0.5) is 5.69 Å². The fourth-order valence-electron chi connectivity index (χ4n) is 3.32. The molecule has 0 N–H and O–H groups in total. The van der Waals surface area contributed by atoms with Crippen LogP contribution in [0.5, 0.6) is 0 Å². The molecule has 0 aromatic carbocycles. The van der Waals surface area contributed by atoms with Gasteiger partial charge in [-0.15, -0.1) is 9.97 Å².